The Morgan fingerprint density at radius 1 is 1.11 bits per heavy atom. The zero-order valence-electron chi connectivity index (χ0n) is 14.3. The normalized spacial score (nSPS) is 12.0. The van der Waals surface area contributed by atoms with Gasteiger partial charge in [-0.15, -0.1) is 0 Å². The highest BCUT2D eigenvalue weighted by atomic mass is 19.2. The SMILES string of the molecule is COC(=O)C(Cc1ccc(O)c(O)c1)NC(=O)C=Cc1ccc(F)c(F)c1. The molecule has 0 aliphatic carbocycles. The molecular formula is C19H17F2NO5. The molecule has 0 bridgehead atoms. The number of halogens is 2. The second-order valence-corrected chi connectivity index (χ2v) is 5.62. The van der Waals surface area contributed by atoms with Crippen LogP contribution >= 0.6 is 0 Å². The molecule has 0 aromatic heterocycles. The summed E-state index contributed by atoms with van der Waals surface area (Å²) < 4.78 is 30.7. The Balaban J connectivity index is 2.09. The van der Waals surface area contributed by atoms with Crippen molar-refractivity contribution in [2.24, 2.45) is 0 Å². The summed E-state index contributed by atoms with van der Waals surface area (Å²) in [6.45, 7) is 0. The number of aromatic hydroxyl groups is 2. The molecule has 2 rings (SSSR count). The molecule has 0 aliphatic heterocycles. The number of amides is 1. The summed E-state index contributed by atoms with van der Waals surface area (Å²) in [7, 11) is 1.16. The lowest BCUT2D eigenvalue weighted by Crippen LogP contribution is -2.42. The first kappa shape index (κ1) is 19.9. The number of hydrogen-bond donors (Lipinski definition) is 3. The summed E-state index contributed by atoms with van der Waals surface area (Å²) in [5.74, 6) is -4.08. The van der Waals surface area contributed by atoms with Gasteiger partial charge in [0.15, 0.2) is 23.1 Å². The molecule has 0 saturated heterocycles. The number of carbonyl (C=O) groups excluding carboxylic acids is 2. The third kappa shape index (κ3) is 5.53. The van der Waals surface area contributed by atoms with Crippen LogP contribution in [0.2, 0.25) is 0 Å². The van der Waals surface area contributed by atoms with Gasteiger partial charge >= 0.3 is 5.97 Å². The smallest absolute Gasteiger partial charge is 0.328 e. The van der Waals surface area contributed by atoms with Gasteiger partial charge in [0, 0.05) is 12.5 Å². The molecule has 0 spiro atoms. The van der Waals surface area contributed by atoms with Crippen LogP contribution in [0.25, 0.3) is 6.08 Å². The molecule has 0 saturated carbocycles. The van der Waals surface area contributed by atoms with Gasteiger partial charge in [-0.05, 0) is 41.5 Å². The van der Waals surface area contributed by atoms with Gasteiger partial charge in [0.25, 0.3) is 0 Å². The Morgan fingerprint density at radius 2 is 1.85 bits per heavy atom. The van der Waals surface area contributed by atoms with Gasteiger partial charge in [0.2, 0.25) is 5.91 Å². The van der Waals surface area contributed by atoms with Gasteiger partial charge in [0.1, 0.15) is 6.04 Å². The quantitative estimate of drug-likeness (QED) is 0.408. The number of rotatable bonds is 6. The molecule has 0 radical (unpaired) electrons. The number of phenolic OH excluding ortho intramolecular Hbond substituents is 2. The van der Waals surface area contributed by atoms with E-state index in [1.807, 2.05) is 0 Å². The molecule has 142 valence electrons. The van der Waals surface area contributed by atoms with E-state index in [2.05, 4.69) is 10.1 Å². The van der Waals surface area contributed by atoms with Crippen molar-refractivity contribution >= 4 is 18.0 Å². The van der Waals surface area contributed by atoms with Crippen molar-refractivity contribution in [3.8, 4) is 11.5 Å². The molecule has 1 atom stereocenters. The van der Waals surface area contributed by atoms with Crippen LogP contribution in [0.3, 0.4) is 0 Å². The number of esters is 1. The lowest BCUT2D eigenvalue weighted by atomic mass is 10.1. The summed E-state index contributed by atoms with van der Waals surface area (Å²) >= 11 is 0. The van der Waals surface area contributed by atoms with Gasteiger partial charge in [-0.2, -0.15) is 0 Å². The first-order valence-electron chi connectivity index (χ1n) is 7.82. The van der Waals surface area contributed by atoms with Crippen molar-refractivity contribution in [3.63, 3.8) is 0 Å². The Labute approximate surface area is 153 Å². The topological polar surface area (TPSA) is 95.9 Å². The zero-order chi connectivity index (χ0) is 20.0. The van der Waals surface area contributed by atoms with Crippen molar-refractivity contribution in [2.45, 2.75) is 12.5 Å². The van der Waals surface area contributed by atoms with Crippen molar-refractivity contribution in [3.05, 3.63) is 65.2 Å². The number of ether oxygens (including phenoxy) is 1. The predicted molar refractivity (Wildman–Crippen MR) is 92.8 cm³/mol. The molecule has 0 heterocycles. The van der Waals surface area contributed by atoms with Crippen molar-refractivity contribution in [1.29, 1.82) is 0 Å². The highest BCUT2D eigenvalue weighted by Gasteiger charge is 2.21. The van der Waals surface area contributed by atoms with E-state index in [0.29, 0.717) is 5.56 Å². The maximum absolute atomic E-state index is 13.2. The molecule has 3 N–H and O–H groups in total. The maximum Gasteiger partial charge on any atom is 0.328 e. The van der Waals surface area contributed by atoms with E-state index in [1.165, 1.54) is 30.3 Å². The second-order valence-electron chi connectivity index (χ2n) is 5.62. The van der Waals surface area contributed by atoms with Gasteiger partial charge in [-0.3, -0.25) is 4.79 Å². The molecule has 2 aromatic carbocycles. The number of carbonyl (C=O) groups is 2. The Bertz CT molecular complexity index is 882. The first-order valence-corrected chi connectivity index (χ1v) is 7.82. The van der Waals surface area contributed by atoms with E-state index in [1.54, 1.807) is 0 Å². The fourth-order valence-corrected chi connectivity index (χ4v) is 2.28. The van der Waals surface area contributed by atoms with Crippen LogP contribution in [0.4, 0.5) is 8.78 Å². The van der Waals surface area contributed by atoms with Gasteiger partial charge in [-0.25, -0.2) is 13.6 Å². The van der Waals surface area contributed by atoms with Crippen molar-refractivity contribution in [2.75, 3.05) is 7.11 Å². The maximum atomic E-state index is 13.2. The molecule has 1 unspecified atom stereocenters. The van der Waals surface area contributed by atoms with Crippen LogP contribution in [0.1, 0.15) is 11.1 Å². The van der Waals surface area contributed by atoms with Gasteiger partial charge in [-0.1, -0.05) is 12.1 Å². The highest BCUT2D eigenvalue weighted by Crippen LogP contribution is 2.25. The van der Waals surface area contributed by atoms with E-state index in [-0.39, 0.29) is 23.5 Å². The van der Waals surface area contributed by atoms with Crippen LogP contribution in [0, 0.1) is 11.6 Å². The minimum atomic E-state index is -1.05. The molecule has 8 heteroatoms. The fraction of sp³-hybridized carbons (Fsp3) is 0.158. The Hall–Kier alpha value is -3.42. The third-order valence-electron chi connectivity index (χ3n) is 3.65. The summed E-state index contributed by atoms with van der Waals surface area (Å²) in [5.41, 5.74) is 0.743. The van der Waals surface area contributed by atoms with E-state index < -0.39 is 29.6 Å². The number of nitrogens with one attached hydrogen (secondary N) is 1. The fourth-order valence-electron chi connectivity index (χ4n) is 2.28. The average molecular weight is 377 g/mol. The largest absolute Gasteiger partial charge is 0.504 e. The number of methoxy groups -OCH3 is 1. The van der Waals surface area contributed by atoms with Gasteiger partial charge < -0.3 is 20.3 Å². The second kappa shape index (κ2) is 8.79. The average Bonchev–Trinajstić information content (AvgIpc) is 2.64. The molecule has 0 fully saturated rings. The lowest BCUT2D eigenvalue weighted by molar-refractivity contribution is -0.144. The Morgan fingerprint density at radius 3 is 2.48 bits per heavy atom. The minimum absolute atomic E-state index is 0.00523. The van der Waals surface area contributed by atoms with E-state index in [9.17, 15) is 28.6 Å². The molecule has 2 aromatic rings. The molecule has 6 nitrogen and oxygen atoms in total. The summed E-state index contributed by atoms with van der Waals surface area (Å²) in [4.78, 5) is 23.9. The zero-order valence-corrected chi connectivity index (χ0v) is 14.3. The predicted octanol–water partition coefficient (Wildman–Crippen LogP) is 2.29. The summed E-state index contributed by atoms with van der Waals surface area (Å²) in [6.07, 6.45) is 2.33. The molecule has 0 aliphatic rings. The lowest BCUT2D eigenvalue weighted by Gasteiger charge is -2.16. The van der Waals surface area contributed by atoms with Crippen LogP contribution in [0.5, 0.6) is 11.5 Å². The van der Waals surface area contributed by atoms with E-state index in [4.69, 9.17) is 0 Å². The number of phenols is 2. The number of benzene rings is 2. The highest BCUT2D eigenvalue weighted by molar-refractivity contribution is 5.94. The summed E-state index contributed by atoms with van der Waals surface area (Å²) in [5, 5.41) is 21.3. The molecular weight excluding hydrogens is 360 g/mol. The van der Waals surface area contributed by atoms with Gasteiger partial charge in [0.05, 0.1) is 7.11 Å². The van der Waals surface area contributed by atoms with Crippen molar-refractivity contribution < 1.29 is 33.3 Å². The monoisotopic (exact) mass is 377 g/mol. The van der Waals surface area contributed by atoms with Crippen LogP contribution in [-0.2, 0) is 20.7 Å². The molecule has 27 heavy (non-hydrogen) atoms. The van der Waals surface area contributed by atoms with E-state index >= 15 is 0 Å². The Kier molecular flexibility index (Phi) is 6.48. The third-order valence-corrected chi connectivity index (χ3v) is 3.65. The van der Waals surface area contributed by atoms with E-state index in [0.717, 1.165) is 25.3 Å². The van der Waals surface area contributed by atoms with Crippen molar-refractivity contribution in [1.82, 2.24) is 5.32 Å². The van der Waals surface area contributed by atoms with Crippen LogP contribution in [-0.4, -0.2) is 35.2 Å². The molecule has 1 amide bonds. The number of hydrogen-bond acceptors (Lipinski definition) is 5. The minimum Gasteiger partial charge on any atom is -0.504 e. The first-order chi connectivity index (χ1) is 12.8. The summed E-state index contributed by atoms with van der Waals surface area (Å²) in [6, 6.07) is 6.09. The van der Waals surface area contributed by atoms with Crippen LogP contribution in [0.15, 0.2) is 42.5 Å². The standard InChI is InChI=1S/C19H17F2NO5/c1-27-19(26)15(9-12-3-6-16(23)17(24)10-12)22-18(25)7-4-11-2-5-13(20)14(21)8-11/h2-8,10,15,23-24H,9H2,1H3,(H,22,25). The van der Waals surface area contributed by atoms with Crippen LogP contribution < -0.4 is 5.32 Å².